The molecule has 0 aliphatic rings. The van der Waals surface area contributed by atoms with Crippen LogP contribution in [0, 0.1) is 20.8 Å². The second-order valence-electron chi connectivity index (χ2n) is 6.50. The van der Waals surface area contributed by atoms with E-state index >= 15 is 0 Å². The molecule has 0 spiro atoms. The van der Waals surface area contributed by atoms with Gasteiger partial charge in [-0.1, -0.05) is 35.5 Å². The molecule has 0 saturated carbocycles. The third-order valence-electron chi connectivity index (χ3n) is 4.14. The molecule has 0 aliphatic heterocycles. The van der Waals surface area contributed by atoms with Gasteiger partial charge in [0.05, 0.1) is 16.3 Å². The minimum absolute atomic E-state index is 0.110. The number of nitrogens with zero attached hydrogens (tertiary/aromatic N) is 2. The fourth-order valence-corrected chi connectivity index (χ4v) is 4.24. The molecule has 3 aromatic rings. The molecule has 1 N–H and O–H groups in total. The van der Waals surface area contributed by atoms with Gasteiger partial charge in [-0.25, -0.2) is 8.42 Å². The Morgan fingerprint density at radius 3 is 2.43 bits per heavy atom. The van der Waals surface area contributed by atoms with Crippen molar-refractivity contribution >= 4 is 27.5 Å². The lowest BCUT2D eigenvalue weighted by Crippen LogP contribution is -2.38. The van der Waals surface area contributed by atoms with Crippen LogP contribution < -0.4 is 9.62 Å². The third-order valence-corrected chi connectivity index (χ3v) is 5.92. The van der Waals surface area contributed by atoms with Crippen molar-refractivity contribution in [3.8, 4) is 0 Å². The van der Waals surface area contributed by atoms with Crippen molar-refractivity contribution < 1.29 is 17.7 Å². The Morgan fingerprint density at radius 1 is 1.07 bits per heavy atom. The third kappa shape index (κ3) is 4.23. The standard InChI is InChI=1S/C20H21N3O4S/c1-14-9-10-15(2)18(11-14)23(28(25,26)17-7-5-4-6-8-17)13-19(24)21-20-12-16(3)22-27-20/h4-12H,13H2,1-3H3,(H,21,24). The maximum Gasteiger partial charge on any atom is 0.264 e. The number of carbonyl (C=O) groups excluding carboxylic acids is 1. The van der Waals surface area contributed by atoms with Crippen molar-refractivity contribution in [3.63, 3.8) is 0 Å². The van der Waals surface area contributed by atoms with Crippen molar-refractivity contribution in [2.45, 2.75) is 25.7 Å². The summed E-state index contributed by atoms with van der Waals surface area (Å²) in [6.45, 7) is 5.00. The van der Waals surface area contributed by atoms with E-state index < -0.39 is 22.5 Å². The number of rotatable bonds is 6. The van der Waals surface area contributed by atoms with E-state index in [9.17, 15) is 13.2 Å². The number of nitrogens with one attached hydrogen (secondary N) is 1. The van der Waals surface area contributed by atoms with Crippen LogP contribution in [-0.4, -0.2) is 26.0 Å². The van der Waals surface area contributed by atoms with Crippen LogP contribution in [0.25, 0.3) is 0 Å². The fourth-order valence-electron chi connectivity index (χ4n) is 2.74. The van der Waals surface area contributed by atoms with E-state index in [1.54, 1.807) is 44.2 Å². The van der Waals surface area contributed by atoms with Gasteiger partial charge in [0.2, 0.25) is 11.8 Å². The van der Waals surface area contributed by atoms with Crippen LogP contribution in [0.4, 0.5) is 11.6 Å². The van der Waals surface area contributed by atoms with Gasteiger partial charge in [-0.2, -0.15) is 0 Å². The van der Waals surface area contributed by atoms with E-state index in [1.807, 2.05) is 19.1 Å². The Kier molecular flexibility index (Phi) is 5.51. The monoisotopic (exact) mass is 399 g/mol. The molecule has 1 amide bonds. The highest BCUT2D eigenvalue weighted by molar-refractivity contribution is 7.92. The van der Waals surface area contributed by atoms with Crippen molar-refractivity contribution in [2.24, 2.45) is 0 Å². The molecule has 1 aromatic heterocycles. The lowest BCUT2D eigenvalue weighted by atomic mass is 10.1. The number of aromatic nitrogens is 1. The molecule has 0 aliphatic carbocycles. The van der Waals surface area contributed by atoms with Crippen LogP contribution in [-0.2, 0) is 14.8 Å². The first-order chi connectivity index (χ1) is 13.3. The smallest absolute Gasteiger partial charge is 0.264 e. The first kappa shape index (κ1) is 19.6. The summed E-state index contributed by atoms with van der Waals surface area (Å²) in [5.41, 5.74) is 2.69. The Bertz CT molecular complexity index is 1090. The molecule has 7 nitrogen and oxygen atoms in total. The van der Waals surface area contributed by atoms with Crippen LogP contribution >= 0.6 is 0 Å². The predicted octanol–water partition coefficient (Wildman–Crippen LogP) is 3.43. The number of aryl methyl sites for hydroxylation is 3. The van der Waals surface area contributed by atoms with Crippen molar-refractivity contribution in [3.05, 3.63) is 71.4 Å². The summed E-state index contributed by atoms with van der Waals surface area (Å²) in [5, 5.41) is 6.25. The zero-order chi connectivity index (χ0) is 20.3. The van der Waals surface area contributed by atoms with Gasteiger partial charge in [0.15, 0.2) is 0 Å². The number of carbonyl (C=O) groups is 1. The number of benzene rings is 2. The molecule has 8 heteroatoms. The molecule has 1 heterocycles. The van der Waals surface area contributed by atoms with Gasteiger partial charge in [0, 0.05) is 6.07 Å². The molecule has 0 radical (unpaired) electrons. The summed E-state index contributed by atoms with van der Waals surface area (Å²) in [7, 11) is -3.95. The van der Waals surface area contributed by atoms with Crippen LogP contribution in [0.1, 0.15) is 16.8 Å². The summed E-state index contributed by atoms with van der Waals surface area (Å²) in [4.78, 5) is 12.7. The average molecular weight is 399 g/mol. The van der Waals surface area contributed by atoms with E-state index in [0.717, 1.165) is 15.4 Å². The topological polar surface area (TPSA) is 92.5 Å². The normalized spacial score (nSPS) is 11.2. The SMILES string of the molecule is Cc1ccc(C)c(N(CC(=O)Nc2cc(C)no2)S(=O)(=O)c2ccccc2)c1. The van der Waals surface area contributed by atoms with Crippen molar-refractivity contribution in [1.29, 1.82) is 0 Å². The van der Waals surface area contributed by atoms with Crippen LogP contribution in [0.5, 0.6) is 0 Å². The molecule has 0 saturated heterocycles. The van der Waals surface area contributed by atoms with Gasteiger partial charge < -0.3 is 4.52 Å². The zero-order valence-corrected chi connectivity index (χ0v) is 16.7. The number of amides is 1. The first-order valence-corrected chi connectivity index (χ1v) is 10.1. The second kappa shape index (κ2) is 7.85. The average Bonchev–Trinajstić information content (AvgIpc) is 3.07. The van der Waals surface area contributed by atoms with E-state index in [0.29, 0.717) is 11.4 Å². The van der Waals surface area contributed by atoms with Crippen LogP contribution in [0.3, 0.4) is 0 Å². The number of hydrogen-bond acceptors (Lipinski definition) is 5. The highest BCUT2D eigenvalue weighted by atomic mass is 32.2. The molecule has 0 unspecified atom stereocenters. The molecule has 28 heavy (non-hydrogen) atoms. The second-order valence-corrected chi connectivity index (χ2v) is 8.36. The van der Waals surface area contributed by atoms with E-state index in [2.05, 4.69) is 10.5 Å². The lowest BCUT2D eigenvalue weighted by Gasteiger charge is -2.25. The van der Waals surface area contributed by atoms with Gasteiger partial charge in [-0.3, -0.25) is 14.4 Å². The first-order valence-electron chi connectivity index (χ1n) is 8.65. The highest BCUT2D eigenvalue weighted by Crippen LogP contribution is 2.28. The molecule has 0 atom stereocenters. The maximum atomic E-state index is 13.3. The van der Waals surface area contributed by atoms with E-state index in [-0.39, 0.29) is 10.8 Å². The Labute approximate surface area is 164 Å². The maximum absolute atomic E-state index is 13.3. The predicted molar refractivity (Wildman–Crippen MR) is 107 cm³/mol. The number of anilines is 2. The molecule has 146 valence electrons. The van der Waals surface area contributed by atoms with Gasteiger partial charge in [-0.15, -0.1) is 0 Å². The molecule has 2 aromatic carbocycles. The largest absolute Gasteiger partial charge is 0.338 e. The molecule has 0 bridgehead atoms. The molecule has 3 rings (SSSR count). The van der Waals surface area contributed by atoms with E-state index in [4.69, 9.17) is 4.52 Å². The quantitative estimate of drug-likeness (QED) is 0.685. The van der Waals surface area contributed by atoms with E-state index in [1.165, 1.54) is 12.1 Å². The van der Waals surface area contributed by atoms with Gasteiger partial charge in [-0.05, 0) is 50.1 Å². The summed E-state index contributed by atoms with van der Waals surface area (Å²) in [6, 6.07) is 15.1. The molecular formula is C20H21N3O4S. The number of sulfonamides is 1. The van der Waals surface area contributed by atoms with Crippen LogP contribution in [0.15, 0.2) is 64.0 Å². The van der Waals surface area contributed by atoms with Crippen LogP contribution in [0.2, 0.25) is 0 Å². The van der Waals surface area contributed by atoms with Gasteiger partial charge in [0.25, 0.3) is 10.0 Å². The Balaban J connectivity index is 1.99. The molecule has 0 fully saturated rings. The number of hydrogen-bond donors (Lipinski definition) is 1. The highest BCUT2D eigenvalue weighted by Gasteiger charge is 2.28. The summed E-state index contributed by atoms with van der Waals surface area (Å²) in [5.74, 6) is -0.364. The Morgan fingerprint density at radius 2 is 1.79 bits per heavy atom. The summed E-state index contributed by atoms with van der Waals surface area (Å²) >= 11 is 0. The Hall–Kier alpha value is -3.13. The minimum atomic E-state index is -3.95. The van der Waals surface area contributed by atoms with Crippen molar-refractivity contribution in [1.82, 2.24) is 5.16 Å². The van der Waals surface area contributed by atoms with Crippen molar-refractivity contribution in [2.75, 3.05) is 16.2 Å². The van der Waals surface area contributed by atoms with Gasteiger partial charge in [0.1, 0.15) is 6.54 Å². The lowest BCUT2D eigenvalue weighted by molar-refractivity contribution is -0.114. The zero-order valence-electron chi connectivity index (χ0n) is 15.8. The fraction of sp³-hybridized carbons (Fsp3) is 0.200. The molecular weight excluding hydrogens is 378 g/mol. The van der Waals surface area contributed by atoms with Gasteiger partial charge >= 0.3 is 0 Å². The summed E-state index contributed by atoms with van der Waals surface area (Å²) in [6.07, 6.45) is 0. The minimum Gasteiger partial charge on any atom is -0.338 e. The summed E-state index contributed by atoms with van der Waals surface area (Å²) < 4.78 is 32.7.